The SMILES string of the molecule is CC(=O)N[C@@H]1[C@@H](O)[C@H](OC2O[C@H](CO)[C@@H](OC3O[C@H](COC4O[C@H](COC5O[C@H](CO)[C@@H](OC6O[C@H](CO)[C@@H](O)[C@H](O)[C@@H]6O)[C@H](O)[C@@H]5O)[C@@H](O)[C@H](OC5O[C@H](CO)[C@@H](OC6O[C@H](CO)[C@@H](O)[C@H](O)[C@@H]6O)[C@H](O)[C@@H]5O)[C@@H]4O)[C@@H](O)[C@H](OC4O[C@H](CO)[C@@H](OC5O[C@H](CO)[C@@H](OC6O[C@H](CO)[C@@H](O)[C@H](O)[C@@H]6O)[C@H](O)[C@@H]5O)[C@H](O)[C@@H]4O)[C@@H]3O)[C@H](O)[C@H]2NC(C)=O)[C@@H](CO)O[C@H]1O. The second kappa shape index (κ2) is 45.8. The van der Waals surface area contributed by atoms with Gasteiger partial charge in [-0.15, -0.1) is 0 Å². The summed E-state index contributed by atoms with van der Waals surface area (Å²) in [5.74, 6) is -1.78. The molecule has 11 heterocycles. The molecule has 11 saturated heterocycles. The fourth-order valence-corrected chi connectivity index (χ4v) is 16.5. The van der Waals surface area contributed by atoms with Gasteiger partial charge in [-0.2, -0.15) is 0 Å². The van der Waals surface area contributed by atoms with Crippen LogP contribution in [0.5, 0.6) is 0 Å². The number of aliphatic hydroxyl groups excluding tert-OH is 33. The number of hydrogen-bond acceptors (Lipinski definition) is 56. The average Bonchev–Trinajstić information content (AvgIpc) is 0.755. The van der Waals surface area contributed by atoms with E-state index >= 15 is 0 Å². The maximum absolute atomic E-state index is 13.0. The Kier molecular flexibility index (Phi) is 37.7. The quantitative estimate of drug-likeness (QED) is 0.0290. The van der Waals surface area contributed by atoms with E-state index in [1.54, 1.807) is 0 Å². The van der Waals surface area contributed by atoms with Crippen LogP contribution in [0.3, 0.4) is 0 Å². The highest BCUT2D eigenvalue weighted by molar-refractivity contribution is 5.73. The van der Waals surface area contributed by atoms with Crippen LogP contribution in [0.25, 0.3) is 0 Å². The molecular weight excluding hydrogens is 1760 g/mol. The number of rotatable bonds is 33. The molecule has 11 rings (SSSR count). The summed E-state index contributed by atoms with van der Waals surface area (Å²) in [6, 6.07) is -3.64. The Labute approximate surface area is 722 Å². The van der Waals surface area contributed by atoms with E-state index in [2.05, 4.69) is 10.6 Å². The highest BCUT2D eigenvalue weighted by atomic mass is 16.8. The van der Waals surface area contributed by atoms with Crippen LogP contribution in [-0.2, 0) is 109 Å². The van der Waals surface area contributed by atoms with E-state index in [0.717, 1.165) is 13.8 Å². The van der Waals surface area contributed by atoms with Gasteiger partial charge >= 0.3 is 0 Å². The van der Waals surface area contributed by atoms with Crippen molar-refractivity contribution in [3.05, 3.63) is 0 Å². The Hall–Kier alpha value is -3.22. The predicted molar refractivity (Wildman–Crippen MR) is 386 cm³/mol. The Morgan fingerprint density at radius 1 is 0.203 bits per heavy atom. The number of carbonyl (C=O) groups is 2. The Balaban J connectivity index is 0.880. The van der Waals surface area contributed by atoms with Gasteiger partial charge in [0.2, 0.25) is 11.8 Å². The zero-order chi connectivity index (χ0) is 94.0. The van der Waals surface area contributed by atoms with Gasteiger partial charge in [0.1, 0.15) is 268 Å². The van der Waals surface area contributed by atoms with Gasteiger partial charge in [0.05, 0.1) is 72.7 Å². The molecule has 11 aliphatic heterocycles. The van der Waals surface area contributed by atoms with E-state index in [9.17, 15) is 178 Å². The van der Waals surface area contributed by atoms with E-state index < -0.39 is 422 Å². The summed E-state index contributed by atoms with van der Waals surface area (Å²) in [6.45, 7) is -10.4. The van der Waals surface area contributed by atoms with Crippen molar-refractivity contribution in [1.29, 1.82) is 0 Å². The second-order valence-electron chi connectivity index (χ2n) is 32.3. The molecule has 55 atom stereocenters. The number of hydrogen-bond donors (Lipinski definition) is 35. The molecule has 2 amide bonds. The molecule has 58 nitrogen and oxygen atoms in total. The van der Waals surface area contributed by atoms with Gasteiger partial charge in [0.25, 0.3) is 0 Å². The van der Waals surface area contributed by atoms with Crippen molar-refractivity contribution in [2.24, 2.45) is 0 Å². The summed E-state index contributed by atoms with van der Waals surface area (Å²) < 4.78 is 121. The molecular formula is C70H118N2O56. The molecule has 0 aliphatic carbocycles. The number of ether oxygens (including phenoxy) is 21. The van der Waals surface area contributed by atoms with E-state index in [1.807, 2.05) is 0 Å². The number of carbonyl (C=O) groups excluding carboxylic acids is 2. The minimum absolute atomic E-state index is 0.810. The Bertz CT molecular complexity index is 3380. The average molecular weight is 1880 g/mol. The van der Waals surface area contributed by atoms with Gasteiger partial charge in [-0.05, 0) is 0 Å². The smallest absolute Gasteiger partial charge is 0.217 e. The van der Waals surface area contributed by atoms with Gasteiger partial charge < -0.3 is 279 Å². The van der Waals surface area contributed by atoms with E-state index in [0.29, 0.717) is 0 Å². The monoisotopic (exact) mass is 1880 g/mol. The highest BCUT2D eigenvalue weighted by Crippen LogP contribution is 2.41. The molecule has 0 aromatic rings. The summed E-state index contributed by atoms with van der Waals surface area (Å²) in [7, 11) is 0. The van der Waals surface area contributed by atoms with Crippen LogP contribution in [0.4, 0.5) is 0 Å². The Morgan fingerprint density at radius 2 is 0.406 bits per heavy atom. The first-order chi connectivity index (χ1) is 60.7. The standard InChI is InChI=1S/C70H118N2O56/c1-14(82)71-27-34(89)52(19(6-76)110-60(27)107)121-61-28(72-15(2)83)35(90)53(20(7-77)114-61)122-70-51(106)59(128-69-49(104)42(97)57(24(11-81)118-69)126-67-47(102)40(95)55(22(9-79)116-67)124-65-44(99)37(92)30(85)17(4-74)112-65)33(88)26(120-70)13-109-63-50(105)58(127-68-48(103)41(96)56(23(10-80)117-68)125-66-45(100)38(93)31(86)18(5-75)113-66)32(87)25(119-63)12-108-62-46(101)39(94)54(21(8-78)115-62)123-64-43(98)36(91)29(84)16(3-73)111-64/h16-70,73-81,84-107H,3-13H2,1-2H3,(H,71,82)(H,72,83)/t16-,17-,18-,19-,20-,21-,22-,23-,24-,25-,26-,27-,28-,29-,30-,31-,32-,33-,34-,35-,36+,37+,38+,39-,40-,41-,42-,43+,44+,45+,46+,47+,48+,49+,50+,51+,52-,53-,54-,55-,56-,57-,58+,59+,60-,61?,62?,63?,64?,65?,66?,67?,68?,69?,70?/m1/s1. The first-order valence-corrected chi connectivity index (χ1v) is 40.7. The molecule has 0 aromatic carbocycles. The highest BCUT2D eigenvalue weighted by Gasteiger charge is 2.62. The lowest BCUT2D eigenvalue weighted by molar-refractivity contribution is -0.397. The van der Waals surface area contributed by atoms with Crippen molar-refractivity contribution in [3.8, 4) is 0 Å². The van der Waals surface area contributed by atoms with Crippen molar-refractivity contribution in [2.75, 3.05) is 72.7 Å². The van der Waals surface area contributed by atoms with Crippen molar-refractivity contribution in [1.82, 2.24) is 10.6 Å². The molecule has 11 fully saturated rings. The molecule has 0 aromatic heterocycles. The molecule has 10 unspecified atom stereocenters. The third-order valence-electron chi connectivity index (χ3n) is 23.8. The van der Waals surface area contributed by atoms with Crippen molar-refractivity contribution < 1.29 is 278 Å². The molecule has 0 bridgehead atoms. The molecule has 11 aliphatic rings. The van der Waals surface area contributed by atoms with E-state index in [1.165, 1.54) is 0 Å². The third-order valence-corrected chi connectivity index (χ3v) is 23.8. The van der Waals surface area contributed by atoms with Gasteiger partial charge in [0.15, 0.2) is 69.2 Å². The summed E-state index contributed by atoms with van der Waals surface area (Å²) in [6.07, 6.45) is -113. The lowest BCUT2D eigenvalue weighted by Gasteiger charge is -2.50. The topological polar surface area (TPSA) is 920 Å². The zero-order valence-corrected chi connectivity index (χ0v) is 67.7. The van der Waals surface area contributed by atoms with Crippen molar-refractivity contribution >= 4 is 11.8 Å². The number of amides is 2. The minimum atomic E-state index is -2.60. The summed E-state index contributed by atoms with van der Waals surface area (Å²) in [5.41, 5.74) is 0. The fourth-order valence-electron chi connectivity index (χ4n) is 16.5. The van der Waals surface area contributed by atoms with Crippen molar-refractivity contribution in [2.45, 2.75) is 351 Å². The fraction of sp³-hybridized carbons (Fsp3) is 0.971. The molecule has 128 heavy (non-hydrogen) atoms. The maximum Gasteiger partial charge on any atom is 0.217 e. The predicted octanol–water partition coefficient (Wildman–Crippen LogP) is -24.7. The van der Waals surface area contributed by atoms with Crippen LogP contribution in [0.15, 0.2) is 0 Å². The second-order valence-corrected chi connectivity index (χ2v) is 32.3. The summed E-state index contributed by atoms with van der Waals surface area (Å²) in [4.78, 5) is 25.2. The molecule has 744 valence electrons. The van der Waals surface area contributed by atoms with E-state index in [-0.39, 0.29) is 0 Å². The molecule has 0 saturated carbocycles. The zero-order valence-electron chi connectivity index (χ0n) is 67.7. The van der Waals surface area contributed by atoms with E-state index in [4.69, 9.17) is 99.5 Å². The van der Waals surface area contributed by atoms with Gasteiger partial charge in [-0.3, -0.25) is 9.59 Å². The lowest BCUT2D eigenvalue weighted by Crippen LogP contribution is -2.70. The largest absolute Gasteiger partial charge is 0.394 e. The van der Waals surface area contributed by atoms with Gasteiger partial charge in [-0.25, -0.2) is 0 Å². The normalized spacial score (nSPS) is 51.7. The number of nitrogens with one attached hydrogen (secondary N) is 2. The van der Waals surface area contributed by atoms with Gasteiger partial charge in [0, 0.05) is 13.8 Å². The lowest BCUT2D eigenvalue weighted by atomic mass is 9.94. The minimum Gasteiger partial charge on any atom is -0.394 e. The van der Waals surface area contributed by atoms with Crippen LogP contribution in [-0.4, -0.2) is 591 Å². The molecule has 58 heteroatoms. The molecule has 0 spiro atoms. The summed E-state index contributed by atoms with van der Waals surface area (Å²) >= 11 is 0. The van der Waals surface area contributed by atoms with Crippen LogP contribution in [0.1, 0.15) is 13.8 Å². The summed E-state index contributed by atoms with van der Waals surface area (Å²) in [5, 5.41) is 370. The molecule has 35 N–H and O–H groups in total. The Morgan fingerprint density at radius 3 is 0.719 bits per heavy atom. The van der Waals surface area contributed by atoms with Crippen LogP contribution in [0.2, 0.25) is 0 Å². The number of aliphatic hydroxyl groups is 33. The van der Waals surface area contributed by atoms with Crippen LogP contribution in [0, 0.1) is 0 Å². The van der Waals surface area contributed by atoms with Gasteiger partial charge in [-0.1, -0.05) is 0 Å². The first kappa shape index (κ1) is 105. The van der Waals surface area contributed by atoms with Crippen LogP contribution < -0.4 is 10.6 Å². The maximum atomic E-state index is 13.0. The van der Waals surface area contributed by atoms with Crippen molar-refractivity contribution in [3.63, 3.8) is 0 Å². The van der Waals surface area contributed by atoms with Crippen LogP contribution >= 0.6 is 0 Å². The third kappa shape index (κ3) is 22.5. The molecule has 0 radical (unpaired) electrons. The first-order valence-electron chi connectivity index (χ1n) is 40.7.